The maximum absolute atomic E-state index is 12.3. The normalized spacial score (nSPS) is 15.1. The number of pyridine rings is 1. The molecule has 5 rings (SSSR count). The maximum Gasteiger partial charge on any atom is 0.267 e. The summed E-state index contributed by atoms with van der Waals surface area (Å²) in [6.45, 7) is 5.55. The van der Waals surface area contributed by atoms with Gasteiger partial charge in [0.05, 0.1) is 28.9 Å². The van der Waals surface area contributed by atoms with Gasteiger partial charge in [-0.2, -0.15) is 10.2 Å². The highest BCUT2D eigenvalue weighted by molar-refractivity contribution is 5.91. The molecule has 32 heavy (non-hydrogen) atoms. The predicted octanol–water partition coefficient (Wildman–Crippen LogP) is 3.77. The van der Waals surface area contributed by atoms with E-state index in [0.29, 0.717) is 0 Å². The first-order chi connectivity index (χ1) is 15.5. The number of hydrogen-bond acceptors (Lipinski definition) is 5. The van der Waals surface area contributed by atoms with Crippen LogP contribution < -0.4 is 10.5 Å². The molecule has 1 fully saturated rings. The van der Waals surface area contributed by atoms with Crippen molar-refractivity contribution >= 4 is 11.2 Å². The Hall–Kier alpha value is -3.45. The Labute approximate surface area is 186 Å². The van der Waals surface area contributed by atoms with Crippen LogP contribution in [0.4, 0.5) is 5.69 Å². The zero-order chi connectivity index (χ0) is 22.2. The third kappa shape index (κ3) is 3.69. The zero-order valence-electron chi connectivity index (χ0n) is 18.3. The van der Waals surface area contributed by atoms with Gasteiger partial charge < -0.3 is 10.0 Å². The Kier molecular flexibility index (Phi) is 5.27. The van der Waals surface area contributed by atoms with Crippen LogP contribution in [0.1, 0.15) is 32.7 Å². The third-order valence-electron chi connectivity index (χ3n) is 6.07. The monoisotopic (exact) mass is 429 g/mol. The minimum atomic E-state index is -0.216. The summed E-state index contributed by atoms with van der Waals surface area (Å²) in [6.07, 6.45) is 3.30. The van der Waals surface area contributed by atoms with Crippen molar-refractivity contribution in [3.05, 3.63) is 71.1 Å². The first kappa shape index (κ1) is 20.5. The lowest BCUT2D eigenvalue weighted by atomic mass is 10.0. The molecule has 0 bridgehead atoms. The maximum atomic E-state index is 12.3. The van der Waals surface area contributed by atoms with Crippen LogP contribution in [0, 0.1) is 0 Å². The minimum Gasteiger partial charge on any atom is -0.393 e. The van der Waals surface area contributed by atoms with Crippen LogP contribution in [0.2, 0.25) is 0 Å². The van der Waals surface area contributed by atoms with Crippen molar-refractivity contribution in [1.82, 2.24) is 19.4 Å². The van der Waals surface area contributed by atoms with E-state index in [1.165, 1.54) is 4.68 Å². The van der Waals surface area contributed by atoms with Crippen LogP contribution >= 0.6 is 0 Å². The Morgan fingerprint density at radius 2 is 1.75 bits per heavy atom. The Morgan fingerprint density at radius 3 is 2.47 bits per heavy atom. The summed E-state index contributed by atoms with van der Waals surface area (Å²) in [7, 11) is 0. The molecule has 164 valence electrons. The summed E-state index contributed by atoms with van der Waals surface area (Å²) in [5.41, 5.74) is 5.38. The van der Waals surface area contributed by atoms with Crippen molar-refractivity contribution in [1.29, 1.82) is 0 Å². The summed E-state index contributed by atoms with van der Waals surface area (Å²) < 4.78 is 3.40. The van der Waals surface area contributed by atoms with Gasteiger partial charge in [-0.15, -0.1) is 0 Å². The van der Waals surface area contributed by atoms with E-state index in [9.17, 15) is 9.90 Å². The van der Waals surface area contributed by atoms with Crippen LogP contribution in [0.5, 0.6) is 0 Å². The standard InChI is InChI=1S/C25H27N5O2/c1-17(2)30-23(32)9-8-21(26-30)24-22-16-19(28-13-11-20(31)12-14-28)10-15-29(22)27-25(24)18-6-4-3-5-7-18/h3-10,15-17,20,31H,11-14H2,1-2H3. The molecule has 7 heteroatoms. The highest BCUT2D eigenvalue weighted by Gasteiger charge is 2.22. The number of fused-ring (bicyclic) bond motifs is 1. The van der Waals surface area contributed by atoms with Gasteiger partial charge in [0.2, 0.25) is 0 Å². The van der Waals surface area contributed by atoms with E-state index in [-0.39, 0.29) is 17.7 Å². The molecule has 1 saturated heterocycles. The van der Waals surface area contributed by atoms with Crippen LogP contribution in [0.15, 0.2) is 65.6 Å². The van der Waals surface area contributed by atoms with Gasteiger partial charge in [0.15, 0.2) is 0 Å². The van der Waals surface area contributed by atoms with Gasteiger partial charge in [-0.3, -0.25) is 4.79 Å². The summed E-state index contributed by atoms with van der Waals surface area (Å²) in [6, 6.07) is 17.6. The molecule has 1 aliphatic rings. The molecular weight excluding hydrogens is 402 g/mol. The largest absolute Gasteiger partial charge is 0.393 e. The first-order valence-corrected chi connectivity index (χ1v) is 11.1. The molecule has 3 aromatic heterocycles. The SMILES string of the molecule is CC(C)n1nc(-c2c(-c3ccccc3)nn3ccc(N4CCC(O)CC4)cc23)ccc1=O. The number of hydrogen-bond donors (Lipinski definition) is 1. The number of piperidine rings is 1. The predicted molar refractivity (Wildman–Crippen MR) is 126 cm³/mol. The van der Waals surface area contributed by atoms with E-state index in [1.54, 1.807) is 12.1 Å². The summed E-state index contributed by atoms with van der Waals surface area (Å²) in [5.74, 6) is 0. The Balaban J connectivity index is 1.72. The van der Waals surface area contributed by atoms with Gasteiger partial charge in [-0.1, -0.05) is 30.3 Å². The Bertz CT molecular complexity index is 1300. The lowest BCUT2D eigenvalue weighted by Crippen LogP contribution is -2.35. The van der Waals surface area contributed by atoms with Gasteiger partial charge in [0.25, 0.3) is 5.56 Å². The van der Waals surface area contributed by atoms with Crippen LogP contribution in [-0.2, 0) is 0 Å². The van der Waals surface area contributed by atoms with Crippen molar-refractivity contribution in [3.8, 4) is 22.5 Å². The van der Waals surface area contributed by atoms with E-state index >= 15 is 0 Å². The fraction of sp³-hybridized carbons (Fsp3) is 0.320. The highest BCUT2D eigenvalue weighted by Crippen LogP contribution is 2.35. The number of aliphatic hydroxyl groups excluding tert-OH is 1. The molecule has 4 aromatic rings. The van der Waals surface area contributed by atoms with Gasteiger partial charge in [0, 0.05) is 36.6 Å². The smallest absolute Gasteiger partial charge is 0.267 e. The summed E-state index contributed by atoms with van der Waals surface area (Å²) in [4.78, 5) is 14.6. The van der Waals surface area contributed by atoms with Crippen LogP contribution in [-0.4, -0.2) is 43.7 Å². The topological polar surface area (TPSA) is 75.7 Å². The summed E-state index contributed by atoms with van der Waals surface area (Å²) >= 11 is 0. The van der Waals surface area contributed by atoms with Crippen molar-refractivity contribution < 1.29 is 5.11 Å². The van der Waals surface area contributed by atoms with Crippen molar-refractivity contribution in [3.63, 3.8) is 0 Å². The number of aromatic nitrogens is 4. The van der Waals surface area contributed by atoms with Crippen LogP contribution in [0.25, 0.3) is 28.0 Å². The van der Waals surface area contributed by atoms with Gasteiger partial charge in [-0.25, -0.2) is 9.20 Å². The van der Waals surface area contributed by atoms with E-state index in [4.69, 9.17) is 10.2 Å². The molecule has 1 N–H and O–H groups in total. The number of anilines is 1. The molecule has 0 spiro atoms. The molecule has 1 aromatic carbocycles. The van der Waals surface area contributed by atoms with Gasteiger partial charge in [-0.05, 0) is 44.9 Å². The van der Waals surface area contributed by atoms with Crippen LogP contribution in [0.3, 0.4) is 0 Å². The number of benzene rings is 1. The quantitative estimate of drug-likeness (QED) is 0.535. The van der Waals surface area contributed by atoms with Crippen molar-refractivity contribution in [2.45, 2.75) is 38.8 Å². The van der Waals surface area contributed by atoms with Crippen molar-refractivity contribution in [2.75, 3.05) is 18.0 Å². The molecule has 1 aliphatic heterocycles. The van der Waals surface area contributed by atoms with E-state index in [1.807, 2.05) is 54.9 Å². The van der Waals surface area contributed by atoms with E-state index in [0.717, 1.165) is 59.7 Å². The molecule has 0 unspecified atom stereocenters. The van der Waals surface area contributed by atoms with E-state index < -0.39 is 0 Å². The van der Waals surface area contributed by atoms with Crippen molar-refractivity contribution in [2.24, 2.45) is 0 Å². The minimum absolute atomic E-state index is 0.0418. The molecule has 0 radical (unpaired) electrons. The highest BCUT2D eigenvalue weighted by atomic mass is 16.3. The second-order valence-electron chi connectivity index (χ2n) is 8.62. The first-order valence-electron chi connectivity index (χ1n) is 11.1. The van der Waals surface area contributed by atoms with E-state index in [2.05, 4.69) is 17.0 Å². The molecule has 7 nitrogen and oxygen atoms in total. The number of nitrogens with zero attached hydrogens (tertiary/aromatic N) is 5. The number of rotatable bonds is 4. The molecule has 0 atom stereocenters. The van der Waals surface area contributed by atoms with Gasteiger partial charge >= 0.3 is 0 Å². The molecule has 4 heterocycles. The average molecular weight is 430 g/mol. The average Bonchev–Trinajstić information content (AvgIpc) is 3.19. The third-order valence-corrected chi connectivity index (χ3v) is 6.07. The zero-order valence-corrected chi connectivity index (χ0v) is 18.3. The fourth-order valence-electron chi connectivity index (χ4n) is 4.33. The lowest BCUT2D eigenvalue weighted by molar-refractivity contribution is 0.145. The van der Waals surface area contributed by atoms with Gasteiger partial charge in [0.1, 0.15) is 5.69 Å². The molecule has 0 amide bonds. The second-order valence-corrected chi connectivity index (χ2v) is 8.62. The molecule has 0 aliphatic carbocycles. The Morgan fingerprint density at radius 1 is 1.00 bits per heavy atom. The summed E-state index contributed by atoms with van der Waals surface area (Å²) in [5, 5.41) is 19.5. The fourth-order valence-corrected chi connectivity index (χ4v) is 4.33. The molecule has 0 saturated carbocycles. The molecular formula is C25H27N5O2. The second kappa shape index (κ2) is 8.24. The lowest BCUT2D eigenvalue weighted by Gasteiger charge is -2.31. The number of aliphatic hydroxyl groups is 1.